The topological polar surface area (TPSA) is 83.3 Å². The molecular formula is C56H70BN5O5. The lowest BCUT2D eigenvalue weighted by Crippen LogP contribution is -2.54. The predicted octanol–water partition coefficient (Wildman–Crippen LogP) is 11.1. The first-order chi connectivity index (χ1) is 32.2. The summed E-state index contributed by atoms with van der Waals surface area (Å²) in [6.07, 6.45) is 8.72. The van der Waals surface area contributed by atoms with Gasteiger partial charge in [-0.1, -0.05) is 85.6 Å². The van der Waals surface area contributed by atoms with Crippen molar-refractivity contribution < 1.29 is 23.5 Å². The van der Waals surface area contributed by atoms with Crippen molar-refractivity contribution in [2.75, 3.05) is 31.1 Å². The van der Waals surface area contributed by atoms with Crippen molar-refractivity contribution in [1.82, 2.24) is 19.7 Å². The van der Waals surface area contributed by atoms with Gasteiger partial charge in [-0.25, -0.2) is 0 Å². The number of aromatic nitrogens is 3. The number of hydrogen-bond acceptors (Lipinski definition) is 9. The Labute approximate surface area is 399 Å². The van der Waals surface area contributed by atoms with Crippen LogP contribution >= 0.6 is 0 Å². The molecule has 9 rings (SSSR count). The number of rotatable bonds is 16. The minimum absolute atomic E-state index is 0.156. The molecule has 0 amide bonds. The molecule has 0 radical (unpaired) electrons. The van der Waals surface area contributed by atoms with Crippen LogP contribution in [0.25, 0.3) is 22.2 Å². The van der Waals surface area contributed by atoms with E-state index in [0.717, 1.165) is 95.0 Å². The maximum absolute atomic E-state index is 6.67. The molecule has 4 heterocycles. The lowest BCUT2D eigenvalue weighted by molar-refractivity contribution is 0.00578. The molecule has 1 aliphatic carbocycles. The fraction of sp³-hybridized carbons (Fsp3) is 0.464. The smallest absolute Gasteiger partial charge is 0.490 e. The van der Waals surface area contributed by atoms with Crippen LogP contribution in [0.5, 0.6) is 17.5 Å². The first-order valence-electron chi connectivity index (χ1n) is 24.7. The summed E-state index contributed by atoms with van der Waals surface area (Å²) in [7, 11) is 1.65. The second-order valence-electron chi connectivity index (χ2n) is 20.7. The Hall–Kier alpha value is -5.36. The van der Waals surface area contributed by atoms with Gasteiger partial charge in [0.25, 0.3) is 0 Å². The number of piperazine rings is 1. The number of aryl methyl sites for hydroxylation is 1. The highest BCUT2D eigenvalue weighted by atomic mass is 16.7. The second kappa shape index (κ2) is 19.7. The molecule has 10 nitrogen and oxygen atoms in total. The SMILES string of the molecule is Cc1c(OC2CCC(CCCC(C)(C)N3CCN(c4ccc5c(-c6ccc(OCc7ccccc7)nc6OCc6ccccc6)nn(C)c5c4)CC3)CC2)cccc1B1OC(C)(C)C(C)(C)O1. The van der Waals surface area contributed by atoms with Crippen molar-refractivity contribution in [2.24, 2.45) is 13.0 Å². The summed E-state index contributed by atoms with van der Waals surface area (Å²) >= 11 is 0. The molecule has 0 unspecified atom stereocenters. The van der Waals surface area contributed by atoms with E-state index in [1.807, 2.05) is 72.4 Å². The molecule has 0 N–H and O–H groups in total. The van der Waals surface area contributed by atoms with Crippen LogP contribution < -0.4 is 24.6 Å². The molecule has 11 heteroatoms. The molecule has 3 fully saturated rings. The normalized spacial score (nSPS) is 19.8. The fourth-order valence-electron chi connectivity index (χ4n) is 10.1. The first kappa shape index (κ1) is 46.7. The van der Waals surface area contributed by atoms with E-state index in [1.165, 1.54) is 37.8 Å². The van der Waals surface area contributed by atoms with Gasteiger partial charge < -0.3 is 28.4 Å². The molecule has 0 spiro atoms. The van der Waals surface area contributed by atoms with E-state index in [-0.39, 0.29) is 30.0 Å². The van der Waals surface area contributed by atoms with Crippen molar-refractivity contribution in [3.8, 4) is 28.8 Å². The molecule has 3 aliphatic rings. The highest BCUT2D eigenvalue weighted by molar-refractivity contribution is 6.62. The van der Waals surface area contributed by atoms with Gasteiger partial charge in [0.05, 0.1) is 28.4 Å². The van der Waals surface area contributed by atoms with Gasteiger partial charge in [-0.15, -0.1) is 0 Å². The number of anilines is 1. The Balaban J connectivity index is 0.770. The van der Waals surface area contributed by atoms with Crippen LogP contribution in [0.1, 0.15) is 103 Å². The van der Waals surface area contributed by atoms with Gasteiger partial charge in [0.1, 0.15) is 24.7 Å². The monoisotopic (exact) mass is 904 g/mol. The average molecular weight is 904 g/mol. The first-order valence-corrected chi connectivity index (χ1v) is 24.7. The van der Waals surface area contributed by atoms with Crippen molar-refractivity contribution in [1.29, 1.82) is 0 Å². The third-order valence-electron chi connectivity index (χ3n) is 15.2. The van der Waals surface area contributed by atoms with Crippen LogP contribution in [0, 0.1) is 12.8 Å². The van der Waals surface area contributed by atoms with Crippen LogP contribution in [0.3, 0.4) is 0 Å². The van der Waals surface area contributed by atoms with Gasteiger partial charge in [-0.3, -0.25) is 9.58 Å². The summed E-state index contributed by atoms with van der Waals surface area (Å²) in [4.78, 5) is 10.1. The Morgan fingerprint density at radius 3 is 2.07 bits per heavy atom. The van der Waals surface area contributed by atoms with Crippen LogP contribution in [0.4, 0.5) is 5.69 Å². The highest BCUT2D eigenvalue weighted by Gasteiger charge is 2.52. The van der Waals surface area contributed by atoms with Gasteiger partial charge >= 0.3 is 7.12 Å². The number of fused-ring (bicyclic) bond motifs is 1. The molecule has 2 aliphatic heterocycles. The van der Waals surface area contributed by atoms with Gasteiger partial charge in [0.2, 0.25) is 11.8 Å². The fourth-order valence-corrected chi connectivity index (χ4v) is 10.1. The van der Waals surface area contributed by atoms with E-state index in [4.69, 9.17) is 33.6 Å². The molecule has 2 saturated heterocycles. The van der Waals surface area contributed by atoms with Crippen LogP contribution in [0.15, 0.2) is 109 Å². The molecule has 6 aromatic rings. The molecule has 2 aromatic heterocycles. The minimum Gasteiger partial charge on any atom is -0.490 e. The predicted molar refractivity (Wildman–Crippen MR) is 270 cm³/mol. The van der Waals surface area contributed by atoms with E-state index in [0.29, 0.717) is 25.0 Å². The summed E-state index contributed by atoms with van der Waals surface area (Å²) in [5.74, 6) is 2.75. The Kier molecular flexibility index (Phi) is 13.7. The van der Waals surface area contributed by atoms with Gasteiger partial charge in [0.15, 0.2) is 0 Å². The summed E-state index contributed by atoms with van der Waals surface area (Å²) < 4.78 is 34.0. The van der Waals surface area contributed by atoms with Crippen molar-refractivity contribution >= 4 is 29.2 Å². The standard InChI is InChI=1S/C56H70BN5O5/c1-40-48(57-66-55(4,5)56(6,7)67-57)22-15-23-50(40)65-45-27-24-41(25-28-45)21-16-32-54(2,3)62-35-33-61(34-36-62)44-26-29-46-49(37-44)60(8)59-52(46)47-30-31-51(63-38-42-17-11-9-12-18-42)58-53(47)64-39-43-19-13-10-14-20-43/h9-15,17-20,22-23,26,29-31,37,41,45H,16,21,24-25,27-28,32-36,38-39H2,1-8H3. The third-order valence-corrected chi connectivity index (χ3v) is 15.2. The zero-order valence-corrected chi connectivity index (χ0v) is 41.1. The van der Waals surface area contributed by atoms with E-state index in [9.17, 15) is 0 Å². The number of hydrogen-bond donors (Lipinski definition) is 0. The number of pyridine rings is 1. The molecule has 0 atom stereocenters. The summed E-state index contributed by atoms with van der Waals surface area (Å²) in [6.45, 7) is 20.4. The van der Waals surface area contributed by atoms with Crippen LogP contribution in [-0.2, 0) is 29.6 Å². The Morgan fingerprint density at radius 2 is 1.40 bits per heavy atom. The third kappa shape index (κ3) is 10.5. The van der Waals surface area contributed by atoms with Crippen molar-refractivity contribution in [3.05, 3.63) is 126 Å². The van der Waals surface area contributed by atoms with Crippen molar-refractivity contribution in [3.63, 3.8) is 0 Å². The van der Waals surface area contributed by atoms with Gasteiger partial charge in [-0.2, -0.15) is 10.1 Å². The van der Waals surface area contributed by atoms with E-state index in [2.05, 4.69) is 107 Å². The van der Waals surface area contributed by atoms with Gasteiger partial charge in [0, 0.05) is 55.9 Å². The van der Waals surface area contributed by atoms with Crippen LogP contribution in [0.2, 0.25) is 0 Å². The zero-order chi connectivity index (χ0) is 46.8. The molecule has 67 heavy (non-hydrogen) atoms. The zero-order valence-electron chi connectivity index (χ0n) is 41.1. The number of nitrogens with zero attached hydrogens (tertiary/aromatic N) is 5. The second-order valence-corrected chi connectivity index (χ2v) is 20.7. The largest absolute Gasteiger partial charge is 0.495 e. The molecule has 4 aromatic carbocycles. The lowest BCUT2D eigenvalue weighted by atomic mass is 9.76. The quantitative estimate of drug-likeness (QED) is 0.0882. The maximum Gasteiger partial charge on any atom is 0.495 e. The summed E-state index contributed by atoms with van der Waals surface area (Å²) in [5, 5.41) is 6.12. The highest BCUT2D eigenvalue weighted by Crippen LogP contribution is 2.39. The Morgan fingerprint density at radius 1 is 0.746 bits per heavy atom. The summed E-state index contributed by atoms with van der Waals surface area (Å²) in [5.41, 5.74) is 7.75. The average Bonchev–Trinajstić information content (AvgIpc) is 3.77. The molecule has 352 valence electrons. The van der Waals surface area contributed by atoms with Crippen molar-refractivity contribution in [2.45, 2.75) is 129 Å². The lowest BCUT2D eigenvalue weighted by Gasteiger charge is -2.45. The maximum atomic E-state index is 6.67. The molecule has 1 saturated carbocycles. The Bertz CT molecular complexity index is 2580. The van der Waals surface area contributed by atoms with E-state index >= 15 is 0 Å². The van der Waals surface area contributed by atoms with E-state index in [1.54, 1.807) is 0 Å². The molecule has 0 bridgehead atoms. The van der Waals surface area contributed by atoms with E-state index < -0.39 is 0 Å². The van der Waals surface area contributed by atoms with Crippen LogP contribution in [-0.4, -0.2) is 75.8 Å². The number of ether oxygens (including phenoxy) is 3. The summed E-state index contributed by atoms with van der Waals surface area (Å²) in [6, 6.07) is 37.3. The molecular weight excluding hydrogens is 833 g/mol. The minimum atomic E-state index is -0.378. The van der Waals surface area contributed by atoms with Gasteiger partial charge in [-0.05, 0) is 139 Å². The number of benzene rings is 4.